The van der Waals surface area contributed by atoms with Crippen LogP contribution < -0.4 is 10.6 Å². The fourth-order valence-electron chi connectivity index (χ4n) is 1.73. The maximum absolute atomic E-state index is 11.8. The Bertz CT molecular complexity index is 453. The van der Waals surface area contributed by atoms with E-state index in [1.54, 1.807) is 24.3 Å². The molecule has 0 aromatic heterocycles. The van der Waals surface area contributed by atoms with Crippen molar-refractivity contribution < 1.29 is 4.79 Å². The first-order valence-electron chi connectivity index (χ1n) is 6.29. The number of hydrogen-bond acceptors (Lipinski definition) is 4. The SMILES string of the molecule is CNCCCN(C)CC(=O)Nc1ccccc1C#N. The van der Waals surface area contributed by atoms with Crippen molar-refractivity contribution in [2.24, 2.45) is 0 Å². The van der Waals surface area contributed by atoms with E-state index in [4.69, 9.17) is 5.26 Å². The molecule has 0 fully saturated rings. The van der Waals surface area contributed by atoms with Gasteiger partial charge in [0.2, 0.25) is 5.91 Å². The molecule has 0 atom stereocenters. The fraction of sp³-hybridized carbons (Fsp3) is 0.429. The van der Waals surface area contributed by atoms with E-state index >= 15 is 0 Å². The van der Waals surface area contributed by atoms with Gasteiger partial charge in [-0.3, -0.25) is 9.69 Å². The van der Waals surface area contributed by atoms with Gasteiger partial charge in [-0.15, -0.1) is 0 Å². The Kier molecular flexibility index (Phi) is 6.58. The Hall–Kier alpha value is -1.90. The van der Waals surface area contributed by atoms with Crippen LogP contribution in [0.25, 0.3) is 0 Å². The molecule has 1 aromatic carbocycles. The number of nitrogens with one attached hydrogen (secondary N) is 2. The van der Waals surface area contributed by atoms with Crippen LogP contribution in [0.15, 0.2) is 24.3 Å². The Labute approximate surface area is 114 Å². The van der Waals surface area contributed by atoms with Crippen LogP contribution in [0.2, 0.25) is 0 Å². The molecule has 0 spiro atoms. The van der Waals surface area contributed by atoms with Gasteiger partial charge in [0.25, 0.3) is 0 Å². The van der Waals surface area contributed by atoms with Gasteiger partial charge in [0.15, 0.2) is 0 Å². The number of likely N-dealkylation sites (N-methyl/N-ethyl adjacent to an activating group) is 1. The number of nitrogens with zero attached hydrogens (tertiary/aromatic N) is 2. The number of benzene rings is 1. The predicted octanol–water partition coefficient (Wildman–Crippen LogP) is 1.04. The molecule has 0 aliphatic heterocycles. The lowest BCUT2D eigenvalue weighted by molar-refractivity contribution is -0.117. The van der Waals surface area contributed by atoms with E-state index < -0.39 is 0 Å². The van der Waals surface area contributed by atoms with Crippen molar-refractivity contribution >= 4 is 11.6 Å². The van der Waals surface area contributed by atoms with Gasteiger partial charge in [-0.25, -0.2) is 0 Å². The number of carbonyl (C=O) groups is 1. The minimum atomic E-state index is -0.102. The third kappa shape index (κ3) is 5.51. The predicted molar refractivity (Wildman–Crippen MR) is 75.8 cm³/mol. The highest BCUT2D eigenvalue weighted by Crippen LogP contribution is 2.13. The molecule has 0 heterocycles. The molecular formula is C14H20N4O. The maximum atomic E-state index is 11.8. The summed E-state index contributed by atoms with van der Waals surface area (Å²) in [6.45, 7) is 2.11. The number of hydrogen-bond donors (Lipinski definition) is 2. The summed E-state index contributed by atoms with van der Waals surface area (Å²) >= 11 is 0. The molecule has 0 saturated heterocycles. The van der Waals surface area contributed by atoms with Crippen molar-refractivity contribution in [2.75, 3.05) is 39.0 Å². The Morgan fingerprint density at radius 1 is 1.42 bits per heavy atom. The van der Waals surface area contributed by atoms with Crippen molar-refractivity contribution in [3.8, 4) is 6.07 Å². The summed E-state index contributed by atoms with van der Waals surface area (Å²) in [5, 5.41) is 14.8. The standard InChI is InChI=1S/C14H20N4O/c1-16-8-5-9-18(2)11-14(19)17-13-7-4-3-6-12(13)10-15/h3-4,6-7,16H,5,8-9,11H2,1-2H3,(H,17,19). The minimum absolute atomic E-state index is 0.102. The smallest absolute Gasteiger partial charge is 0.238 e. The maximum Gasteiger partial charge on any atom is 0.238 e. The Balaban J connectivity index is 2.45. The molecule has 0 aliphatic rings. The highest BCUT2D eigenvalue weighted by atomic mass is 16.2. The van der Waals surface area contributed by atoms with Crippen LogP contribution in [0.3, 0.4) is 0 Å². The van der Waals surface area contributed by atoms with Crippen molar-refractivity contribution in [1.29, 1.82) is 5.26 Å². The van der Waals surface area contributed by atoms with Gasteiger partial charge in [0.05, 0.1) is 17.8 Å². The quantitative estimate of drug-likeness (QED) is 0.719. The van der Waals surface area contributed by atoms with Gasteiger partial charge in [-0.1, -0.05) is 12.1 Å². The zero-order valence-electron chi connectivity index (χ0n) is 11.4. The zero-order valence-corrected chi connectivity index (χ0v) is 11.4. The lowest BCUT2D eigenvalue weighted by atomic mass is 10.2. The third-order valence-electron chi connectivity index (χ3n) is 2.70. The average Bonchev–Trinajstić information content (AvgIpc) is 2.39. The van der Waals surface area contributed by atoms with E-state index in [1.165, 1.54) is 0 Å². The second kappa shape index (κ2) is 8.25. The van der Waals surface area contributed by atoms with Crippen LogP contribution in [-0.4, -0.2) is 44.5 Å². The van der Waals surface area contributed by atoms with E-state index in [2.05, 4.69) is 16.7 Å². The summed E-state index contributed by atoms with van der Waals surface area (Å²) in [6, 6.07) is 9.05. The van der Waals surface area contributed by atoms with Crippen LogP contribution in [0.4, 0.5) is 5.69 Å². The lowest BCUT2D eigenvalue weighted by Gasteiger charge is -2.16. The molecule has 5 nitrogen and oxygen atoms in total. The summed E-state index contributed by atoms with van der Waals surface area (Å²) in [6.07, 6.45) is 0.995. The number of para-hydroxylation sites is 1. The van der Waals surface area contributed by atoms with E-state index in [9.17, 15) is 4.79 Å². The molecule has 5 heteroatoms. The van der Waals surface area contributed by atoms with Gasteiger partial charge >= 0.3 is 0 Å². The molecule has 1 aromatic rings. The van der Waals surface area contributed by atoms with Crippen LogP contribution in [-0.2, 0) is 4.79 Å². The first-order valence-corrected chi connectivity index (χ1v) is 6.29. The van der Waals surface area contributed by atoms with Crippen molar-refractivity contribution in [2.45, 2.75) is 6.42 Å². The number of carbonyl (C=O) groups excluding carboxylic acids is 1. The zero-order chi connectivity index (χ0) is 14.1. The molecule has 0 bridgehead atoms. The molecule has 0 aliphatic carbocycles. The topological polar surface area (TPSA) is 68.2 Å². The van der Waals surface area contributed by atoms with E-state index in [-0.39, 0.29) is 5.91 Å². The van der Waals surface area contributed by atoms with Gasteiger partial charge in [0.1, 0.15) is 6.07 Å². The molecular weight excluding hydrogens is 240 g/mol. The van der Waals surface area contributed by atoms with E-state index in [1.807, 2.05) is 19.0 Å². The second-order valence-electron chi connectivity index (χ2n) is 4.40. The van der Waals surface area contributed by atoms with Crippen molar-refractivity contribution in [1.82, 2.24) is 10.2 Å². The highest BCUT2D eigenvalue weighted by molar-refractivity contribution is 5.93. The number of amides is 1. The van der Waals surface area contributed by atoms with Crippen molar-refractivity contribution in [3.63, 3.8) is 0 Å². The van der Waals surface area contributed by atoms with Gasteiger partial charge in [-0.2, -0.15) is 5.26 Å². The summed E-state index contributed by atoms with van der Waals surface area (Å²) in [5.74, 6) is -0.102. The lowest BCUT2D eigenvalue weighted by Crippen LogP contribution is -2.32. The molecule has 102 valence electrons. The molecule has 2 N–H and O–H groups in total. The van der Waals surface area contributed by atoms with Crippen LogP contribution >= 0.6 is 0 Å². The second-order valence-corrected chi connectivity index (χ2v) is 4.40. The normalized spacial score (nSPS) is 10.2. The van der Waals surface area contributed by atoms with Gasteiger partial charge in [0, 0.05) is 0 Å². The monoisotopic (exact) mass is 260 g/mol. The number of rotatable bonds is 7. The first kappa shape index (κ1) is 15.2. The summed E-state index contributed by atoms with van der Waals surface area (Å²) in [7, 11) is 3.82. The van der Waals surface area contributed by atoms with Crippen molar-refractivity contribution in [3.05, 3.63) is 29.8 Å². The summed E-state index contributed by atoms with van der Waals surface area (Å²) in [4.78, 5) is 13.8. The number of anilines is 1. The molecule has 1 rings (SSSR count). The molecule has 0 radical (unpaired) electrons. The van der Waals surface area contributed by atoms with Crippen LogP contribution in [0.1, 0.15) is 12.0 Å². The first-order chi connectivity index (χ1) is 9.17. The molecule has 1 amide bonds. The molecule has 19 heavy (non-hydrogen) atoms. The van der Waals surface area contributed by atoms with E-state index in [0.717, 1.165) is 19.5 Å². The van der Waals surface area contributed by atoms with E-state index in [0.29, 0.717) is 17.8 Å². The minimum Gasteiger partial charge on any atom is -0.324 e. The van der Waals surface area contributed by atoms with Crippen LogP contribution in [0, 0.1) is 11.3 Å². The van der Waals surface area contributed by atoms with Gasteiger partial charge < -0.3 is 10.6 Å². The average molecular weight is 260 g/mol. The summed E-state index contributed by atoms with van der Waals surface area (Å²) in [5.41, 5.74) is 1.05. The Morgan fingerprint density at radius 3 is 2.84 bits per heavy atom. The van der Waals surface area contributed by atoms with Gasteiger partial charge in [-0.05, 0) is 45.7 Å². The van der Waals surface area contributed by atoms with Crippen LogP contribution in [0.5, 0.6) is 0 Å². The largest absolute Gasteiger partial charge is 0.324 e. The Morgan fingerprint density at radius 2 is 2.16 bits per heavy atom. The third-order valence-corrected chi connectivity index (χ3v) is 2.70. The molecule has 0 saturated carbocycles. The highest BCUT2D eigenvalue weighted by Gasteiger charge is 2.08. The fourth-order valence-corrected chi connectivity index (χ4v) is 1.73. The summed E-state index contributed by atoms with van der Waals surface area (Å²) < 4.78 is 0. The number of nitriles is 1. The molecule has 0 unspecified atom stereocenters.